The van der Waals surface area contributed by atoms with Gasteiger partial charge in [-0.25, -0.2) is 0 Å². The summed E-state index contributed by atoms with van der Waals surface area (Å²) in [5, 5.41) is 3.57. The van der Waals surface area contributed by atoms with Crippen molar-refractivity contribution in [1.29, 1.82) is 0 Å². The van der Waals surface area contributed by atoms with Crippen LogP contribution in [0.3, 0.4) is 0 Å². The van der Waals surface area contributed by atoms with Gasteiger partial charge in [0.1, 0.15) is 0 Å². The number of methoxy groups -OCH3 is 2. The maximum Gasteiger partial charge on any atom is 0.0657 e. The van der Waals surface area contributed by atoms with Crippen LogP contribution in [-0.4, -0.2) is 33.5 Å². The molecule has 0 fully saturated rings. The Morgan fingerprint density at radius 1 is 1.06 bits per heavy atom. The van der Waals surface area contributed by atoms with Gasteiger partial charge >= 0.3 is 0 Å². The van der Waals surface area contributed by atoms with E-state index in [2.05, 4.69) is 36.5 Å². The van der Waals surface area contributed by atoms with Crippen LogP contribution in [0.1, 0.15) is 24.9 Å². The van der Waals surface area contributed by atoms with Gasteiger partial charge in [0, 0.05) is 20.3 Å². The minimum absolute atomic E-state index is 0.223. The highest BCUT2D eigenvalue weighted by molar-refractivity contribution is 5.19. The van der Waals surface area contributed by atoms with Gasteiger partial charge in [-0.1, -0.05) is 37.3 Å². The van der Waals surface area contributed by atoms with Crippen LogP contribution >= 0.6 is 0 Å². The van der Waals surface area contributed by atoms with Crippen LogP contribution in [0, 0.1) is 0 Å². The number of ether oxygens (including phenoxy) is 2. The quantitative estimate of drug-likeness (QED) is 0.753. The summed E-state index contributed by atoms with van der Waals surface area (Å²) < 4.78 is 10.5. The number of hydrogen-bond donors (Lipinski definition) is 1. The van der Waals surface area contributed by atoms with E-state index in [1.807, 2.05) is 6.07 Å². The second-order valence-electron chi connectivity index (χ2n) is 4.15. The molecule has 2 atom stereocenters. The fourth-order valence-corrected chi connectivity index (χ4v) is 1.86. The Morgan fingerprint density at radius 2 is 1.71 bits per heavy atom. The SMILES string of the molecule is CCC(COC)NC(COC)c1ccccc1. The molecular weight excluding hydrogens is 214 g/mol. The van der Waals surface area contributed by atoms with Crippen LogP contribution < -0.4 is 5.32 Å². The average molecular weight is 237 g/mol. The second-order valence-corrected chi connectivity index (χ2v) is 4.15. The van der Waals surface area contributed by atoms with Gasteiger partial charge in [-0.2, -0.15) is 0 Å². The normalized spacial score (nSPS) is 14.5. The summed E-state index contributed by atoms with van der Waals surface area (Å²) in [5.41, 5.74) is 1.25. The second kappa shape index (κ2) is 8.23. The van der Waals surface area contributed by atoms with Gasteiger partial charge in [-0.05, 0) is 12.0 Å². The van der Waals surface area contributed by atoms with Crippen molar-refractivity contribution in [2.45, 2.75) is 25.4 Å². The fourth-order valence-electron chi connectivity index (χ4n) is 1.86. The summed E-state index contributed by atoms with van der Waals surface area (Å²) in [4.78, 5) is 0. The van der Waals surface area contributed by atoms with Crippen LogP contribution in [0.4, 0.5) is 0 Å². The van der Waals surface area contributed by atoms with E-state index in [-0.39, 0.29) is 6.04 Å². The Kier molecular flexibility index (Phi) is 6.86. The first-order valence-corrected chi connectivity index (χ1v) is 6.10. The van der Waals surface area contributed by atoms with Crippen molar-refractivity contribution in [3.8, 4) is 0 Å². The molecule has 2 unspecified atom stereocenters. The van der Waals surface area contributed by atoms with Crippen molar-refractivity contribution in [2.75, 3.05) is 27.4 Å². The van der Waals surface area contributed by atoms with Crippen molar-refractivity contribution in [3.05, 3.63) is 35.9 Å². The van der Waals surface area contributed by atoms with Gasteiger partial charge in [-0.15, -0.1) is 0 Å². The van der Waals surface area contributed by atoms with Crippen LogP contribution in [0.15, 0.2) is 30.3 Å². The molecule has 0 aliphatic rings. The molecule has 0 radical (unpaired) electrons. The van der Waals surface area contributed by atoms with Crippen molar-refractivity contribution in [2.24, 2.45) is 0 Å². The Labute approximate surface area is 104 Å². The van der Waals surface area contributed by atoms with Gasteiger partial charge in [0.05, 0.1) is 19.3 Å². The molecular formula is C14H23NO2. The molecule has 0 heterocycles. The topological polar surface area (TPSA) is 30.5 Å². The number of benzene rings is 1. The summed E-state index contributed by atoms with van der Waals surface area (Å²) in [6.07, 6.45) is 1.04. The third-order valence-corrected chi connectivity index (χ3v) is 2.83. The average Bonchev–Trinajstić information content (AvgIpc) is 2.38. The molecule has 3 nitrogen and oxygen atoms in total. The molecule has 96 valence electrons. The molecule has 1 rings (SSSR count). The lowest BCUT2D eigenvalue weighted by molar-refractivity contribution is 0.129. The third kappa shape index (κ3) is 4.86. The molecule has 0 bridgehead atoms. The molecule has 0 spiro atoms. The number of nitrogens with one attached hydrogen (secondary N) is 1. The van der Waals surface area contributed by atoms with Gasteiger partial charge < -0.3 is 14.8 Å². The molecule has 0 aliphatic heterocycles. The predicted octanol–water partition coefficient (Wildman–Crippen LogP) is 2.39. The first-order valence-electron chi connectivity index (χ1n) is 6.10. The predicted molar refractivity (Wildman–Crippen MR) is 70.1 cm³/mol. The molecule has 0 aromatic heterocycles. The summed E-state index contributed by atoms with van der Waals surface area (Å²) in [5.74, 6) is 0. The molecule has 0 saturated carbocycles. The summed E-state index contributed by atoms with van der Waals surface area (Å²) in [6, 6.07) is 11.0. The molecule has 17 heavy (non-hydrogen) atoms. The standard InChI is InChI=1S/C14H23NO2/c1-4-13(10-16-2)15-14(11-17-3)12-8-6-5-7-9-12/h5-9,13-15H,4,10-11H2,1-3H3. The zero-order valence-electron chi connectivity index (χ0n) is 11.0. The smallest absolute Gasteiger partial charge is 0.0657 e. The maximum absolute atomic E-state index is 5.28. The molecule has 1 aromatic carbocycles. The highest BCUT2D eigenvalue weighted by Gasteiger charge is 2.15. The van der Waals surface area contributed by atoms with Crippen LogP contribution in [0.25, 0.3) is 0 Å². The highest BCUT2D eigenvalue weighted by atomic mass is 16.5. The first-order chi connectivity index (χ1) is 8.31. The molecule has 0 amide bonds. The van der Waals surface area contributed by atoms with Crippen molar-refractivity contribution in [3.63, 3.8) is 0 Å². The van der Waals surface area contributed by atoms with Gasteiger partial charge in [0.25, 0.3) is 0 Å². The van der Waals surface area contributed by atoms with Gasteiger partial charge in [0.15, 0.2) is 0 Å². The summed E-state index contributed by atoms with van der Waals surface area (Å²) in [6.45, 7) is 3.55. The van der Waals surface area contributed by atoms with E-state index in [0.717, 1.165) is 13.0 Å². The minimum atomic E-state index is 0.223. The Balaban J connectivity index is 2.65. The van der Waals surface area contributed by atoms with E-state index in [1.54, 1.807) is 14.2 Å². The highest BCUT2D eigenvalue weighted by Crippen LogP contribution is 2.14. The summed E-state index contributed by atoms with van der Waals surface area (Å²) >= 11 is 0. The molecule has 0 saturated heterocycles. The monoisotopic (exact) mass is 237 g/mol. The lowest BCUT2D eigenvalue weighted by atomic mass is 10.1. The lowest BCUT2D eigenvalue weighted by Gasteiger charge is -2.24. The molecule has 1 aromatic rings. The van der Waals surface area contributed by atoms with E-state index in [4.69, 9.17) is 9.47 Å². The zero-order chi connectivity index (χ0) is 12.5. The first kappa shape index (κ1) is 14.2. The van der Waals surface area contributed by atoms with Gasteiger partial charge in [-0.3, -0.25) is 0 Å². The van der Waals surface area contributed by atoms with E-state index in [1.165, 1.54) is 5.56 Å². The molecule has 3 heteroatoms. The Hall–Kier alpha value is -0.900. The molecule has 0 aliphatic carbocycles. The van der Waals surface area contributed by atoms with Crippen molar-refractivity contribution < 1.29 is 9.47 Å². The Bertz CT molecular complexity index is 290. The van der Waals surface area contributed by atoms with Crippen LogP contribution in [-0.2, 0) is 9.47 Å². The number of hydrogen-bond acceptors (Lipinski definition) is 3. The van der Waals surface area contributed by atoms with Crippen molar-refractivity contribution in [1.82, 2.24) is 5.32 Å². The molecule has 1 N–H and O–H groups in total. The van der Waals surface area contributed by atoms with E-state index in [0.29, 0.717) is 12.6 Å². The largest absolute Gasteiger partial charge is 0.383 e. The zero-order valence-corrected chi connectivity index (χ0v) is 11.0. The fraction of sp³-hybridized carbons (Fsp3) is 0.571. The minimum Gasteiger partial charge on any atom is -0.383 e. The summed E-state index contributed by atoms with van der Waals surface area (Å²) in [7, 11) is 3.47. The van der Waals surface area contributed by atoms with E-state index in [9.17, 15) is 0 Å². The van der Waals surface area contributed by atoms with E-state index >= 15 is 0 Å². The van der Waals surface area contributed by atoms with Crippen molar-refractivity contribution >= 4 is 0 Å². The van der Waals surface area contributed by atoms with Crippen LogP contribution in [0.2, 0.25) is 0 Å². The third-order valence-electron chi connectivity index (χ3n) is 2.83. The maximum atomic E-state index is 5.28. The Morgan fingerprint density at radius 3 is 2.24 bits per heavy atom. The lowest BCUT2D eigenvalue weighted by Crippen LogP contribution is -2.37. The van der Waals surface area contributed by atoms with Gasteiger partial charge in [0.2, 0.25) is 0 Å². The van der Waals surface area contributed by atoms with E-state index < -0.39 is 0 Å². The number of rotatable bonds is 8. The van der Waals surface area contributed by atoms with Crippen LogP contribution in [0.5, 0.6) is 0 Å².